The maximum absolute atomic E-state index is 12.8. The highest BCUT2D eigenvalue weighted by Crippen LogP contribution is 2.43. The molecule has 3 atom stereocenters. The molecule has 0 aliphatic carbocycles. The molecule has 1 aromatic rings. The summed E-state index contributed by atoms with van der Waals surface area (Å²) in [5, 5.41) is 10.7. The SMILES string of the molecule is Cc1c(C)c(C)c2c(c1C)C(C)C(O)C(C)(C)CS2=O. The van der Waals surface area contributed by atoms with E-state index in [4.69, 9.17) is 0 Å². The number of rotatable bonds is 0. The molecule has 1 aliphatic heterocycles. The van der Waals surface area contributed by atoms with Crippen LogP contribution in [0.15, 0.2) is 4.90 Å². The Bertz CT molecular complexity index is 587. The van der Waals surface area contributed by atoms with Crippen molar-refractivity contribution in [1.29, 1.82) is 0 Å². The van der Waals surface area contributed by atoms with Crippen LogP contribution in [0.5, 0.6) is 0 Å². The first-order valence-electron chi connectivity index (χ1n) is 7.26. The highest BCUT2D eigenvalue weighted by molar-refractivity contribution is 7.85. The molecule has 0 radical (unpaired) electrons. The molecule has 1 aromatic carbocycles. The number of hydrogen-bond acceptors (Lipinski definition) is 2. The molecule has 0 bridgehead atoms. The highest BCUT2D eigenvalue weighted by Gasteiger charge is 2.41. The third-order valence-corrected chi connectivity index (χ3v) is 7.12. The third-order valence-electron chi connectivity index (χ3n) is 5.14. The van der Waals surface area contributed by atoms with Crippen molar-refractivity contribution >= 4 is 10.8 Å². The summed E-state index contributed by atoms with van der Waals surface area (Å²) >= 11 is 0. The first-order chi connectivity index (χ1) is 9.09. The van der Waals surface area contributed by atoms with Gasteiger partial charge in [-0.25, -0.2) is 0 Å². The van der Waals surface area contributed by atoms with Crippen molar-refractivity contribution in [3.05, 3.63) is 27.8 Å². The Kier molecular flexibility index (Phi) is 3.89. The van der Waals surface area contributed by atoms with E-state index in [2.05, 4.69) is 34.6 Å². The van der Waals surface area contributed by atoms with Gasteiger partial charge in [0.25, 0.3) is 0 Å². The van der Waals surface area contributed by atoms with Gasteiger partial charge in [0.05, 0.1) is 16.9 Å². The second kappa shape index (κ2) is 4.96. The van der Waals surface area contributed by atoms with Crippen LogP contribution in [0.25, 0.3) is 0 Å². The van der Waals surface area contributed by atoms with Gasteiger partial charge in [-0.1, -0.05) is 20.8 Å². The second-order valence-corrected chi connectivity index (χ2v) is 8.34. The number of fused-ring (bicyclic) bond motifs is 1. The van der Waals surface area contributed by atoms with E-state index < -0.39 is 16.9 Å². The molecule has 0 aromatic heterocycles. The van der Waals surface area contributed by atoms with Crippen LogP contribution in [0.1, 0.15) is 54.5 Å². The molecule has 0 spiro atoms. The second-order valence-electron chi connectivity index (χ2n) is 6.95. The zero-order chi connectivity index (χ0) is 15.4. The monoisotopic (exact) mass is 294 g/mol. The molecule has 2 rings (SSSR count). The summed E-state index contributed by atoms with van der Waals surface area (Å²) in [5.41, 5.74) is 5.61. The largest absolute Gasteiger partial charge is 0.392 e. The molecule has 20 heavy (non-hydrogen) atoms. The molecule has 1 heterocycles. The average molecular weight is 294 g/mol. The van der Waals surface area contributed by atoms with Crippen molar-refractivity contribution in [2.45, 2.75) is 65.4 Å². The van der Waals surface area contributed by atoms with Crippen LogP contribution in [-0.4, -0.2) is 21.2 Å². The summed E-state index contributed by atoms with van der Waals surface area (Å²) in [7, 11) is -1.04. The van der Waals surface area contributed by atoms with Gasteiger partial charge in [-0.3, -0.25) is 4.21 Å². The molecule has 0 saturated carbocycles. The molecule has 2 nitrogen and oxygen atoms in total. The van der Waals surface area contributed by atoms with Crippen LogP contribution >= 0.6 is 0 Å². The smallest absolute Gasteiger partial charge is 0.0666 e. The van der Waals surface area contributed by atoms with E-state index in [9.17, 15) is 9.32 Å². The lowest BCUT2D eigenvalue weighted by Gasteiger charge is -2.32. The van der Waals surface area contributed by atoms with E-state index in [-0.39, 0.29) is 11.3 Å². The van der Waals surface area contributed by atoms with Crippen LogP contribution < -0.4 is 0 Å². The van der Waals surface area contributed by atoms with Crippen LogP contribution in [0.3, 0.4) is 0 Å². The fraction of sp³-hybridized carbons (Fsp3) is 0.647. The van der Waals surface area contributed by atoms with Gasteiger partial charge in [0.1, 0.15) is 0 Å². The average Bonchev–Trinajstić information content (AvgIpc) is 2.43. The van der Waals surface area contributed by atoms with Gasteiger partial charge in [0, 0.05) is 22.0 Å². The summed E-state index contributed by atoms with van der Waals surface area (Å²) in [4.78, 5) is 0.975. The maximum Gasteiger partial charge on any atom is 0.0666 e. The summed E-state index contributed by atoms with van der Waals surface area (Å²) in [6.45, 7) is 14.5. The molecule has 3 heteroatoms. The van der Waals surface area contributed by atoms with Crippen molar-refractivity contribution in [1.82, 2.24) is 0 Å². The van der Waals surface area contributed by atoms with Gasteiger partial charge in [0.2, 0.25) is 0 Å². The maximum atomic E-state index is 12.8. The Hall–Kier alpha value is -0.670. The Morgan fingerprint density at radius 2 is 1.55 bits per heavy atom. The lowest BCUT2D eigenvalue weighted by atomic mass is 9.77. The minimum atomic E-state index is -1.04. The number of aliphatic hydroxyl groups excluding tert-OH is 1. The highest BCUT2D eigenvalue weighted by atomic mass is 32.2. The van der Waals surface area contributed by atoms with Crippen molar-refractivity contribution in [3.63, 3.8) is 0 Å². The summed E-state index contributed by atoms with van der Waals surface area (Å²) in [6, 6.07) is 0. The fourth-order valence-corrected chi connectivity index (χ4v) is 5.55. The van der Waals surface area contributed by atoms with Gasteiger partial charge in [-0.2, -0.15) is 0 Å². The van der Waals surface area contributed by atoms with Gasteiger partial charge >= 0.3 is 0 Å². The lowest BCUT2D eigenvalue weighted by Crippen LogP contribution is -2.36. The van der Waals surface area contributed by atoms with Crippen molar-refractivity contribution in [3.8, 4) is 0 Å². The van der Waals surface area contributed by atoms with E-state index in [1.165, 1.54) is 16.7 Å². The number of aliphatic hydroxyl groups is 1. The van der Waals surface area contributed by atoms with Gasteiger partial charge in [0.15, 0.2) is 0 Å². The number of benzene rings is 1. The topological polar surface area (TPSA) is 37.3 Å². The van der Waals surface area contributed by atoms with Crippen molar-refractivity contribution < 1.29 is 9.32 Å². The standard InChI is InChI=1S/C17H26O2S/c1-9-10(2)12(4)15-14(11(9)3)13(5)16(18)17(6,7)8-20(15)19/h13,16,18H,8H2,1-7H3. The normalized spacial score (nSPS) is 28.9. The predicted octanol–water partition coefficient (Wildman–Crippen LogP) is 3.53. The first kappa shape index (κ1) is 15.7. The van der Waals surface area contributed by atoms with Crippen molar-refractivity contribution in [2.24, 2.45) is 5.41 Å². The summed E-state index contributed by atoms with van der Waals surface area (Å²) in [5.74, 6) is 0.540. The van der Waals surface area contributed by atoms with Gasteiger partial charge in [-0.15, -0.1) is 0 Å². The van der Waals surface area contributed by atoms with Crippen LogP contribution in [0.4, 0.5) is 0 Å². The van der Waals surface area contributed by atoms with Crippen LogP contribution in [0, 0.1) is 33.1 Å². The molecular formula is C17H26O2S. The van der Waals surface area contributed by atoms with Gasteiger partial charge in [-0.05, 0) is 55.5 Å². The van der Waals surface area contributed by atoms with Crippen molar-refractivity contribution in [2.75, 3.05) is 5.75 Å². The Morgan fingerprint density at radius 3 is 2.10 bits per heavy atom. The van der Waals surface area contributed by atoms with E-state index in [0.29, 0.717) is 5.75 Å². The molecule has 112 valence electrons. The van der Waals surface area contributed by atoms with E-state index in [1.807, 2.05) is 13.8 Å². The Balaban J connectivity index is 2.83. The molecule has 0 saturated heterocycles. The predicted molar refractivity (Wildman–Crippen MR) is 84.9 cm³/mol. The lowest BCUT2D eigenvalue weighted by molar-refractivity contribution is 0.0467. The minimum Gasteiger partial charge on any atom is -0.392 e. The Morgan fingerprint density at radius 1 is 1.05 bits per heavy atom. The summed E-state index contributed by atoms with van der Waals surface area (Å²) < 4.78 is 12.8. The zero-order valence-corrected chi connectivity index (χ0v) is 14.4. The number of hydrogen-bond donors (Lipinski definition) is 1. The van der Waals surface area contributed by atoms with Gasteiger partial charge < -0.3 is 5.11 Å². The molecule has 1 N–H and O–H groups in total. The molecule has 0 fully saturated rings. The fourth-order valence-electron chi connectivity index (χ4n) is 3.48. The van der Waals surface area contributed by atoms with E-state index in [1.54, 1.807) is 0 Å². The van der Waals surface area contributed by atoms with E-state index in [0.717, 1.165) is 16.0 Å². The quantitative estimate of drug-likeness (QED) is 0.795. The molecular weight excluding hydrogens is 268 g/mol. The Labute approximate surface area is 125 Å². The zero-order valence-electron chi connectivity index (χ0n) is 13.6. The minimum absolute atomic E-state index is 0.0180. The summed E-state index contributed by atoms with van der Waals surface area (Å²) in [6.07, 6.45) is -0.465. The first-order valence-corrected chi connectivity index (χ1v) is 8.58. The van der Waals surface area contributed by atoms with Crippen LogP contribution in [-0.2, 0) is 10.8 Å². The molecule has 1 aliphatic rings. The molecule has 3 unspecified atom stereocenters. The molecule has 0 amide bonds. The third kappa shape index (κ3) is 2.15. The van der Waals surface area contributed by atoms with Crippen LogP contribution in [0.2, 0.25) is 0 Å². The van der Waals surface area contributed by atoms with E-state index >= 15 is 0 Å².